The van der Waals surface area contributed by atoms with Crippen LogP contribution in [0.4, 0.5) is 32.0 Å². The maximum absolute atomic E-state index is 12.5. The molecule has 0 saturated carbocycles. The van der Waals surface area contributed by atoms with Crippen molar-refractivity contribution >= 4 is 23.2 Å². The average Bonchev–Trinajstić information content (AvgIpc) is 2.28. The number of alkyl halides is 6. The Morgan fingerprint density at radius 1 is 1.14 bits per heavy atom. The molecule has 118 valence electrons. The van der Waals surface area contributed by atoms with Crippen LogP contribution < -0.4 is 10.6 Å². The van der Waals surface area contributed by atoms with Gasteiger partial charge in [-0.1, -0.05) is 11.6 Å². The van der Waals surface area contributed by atoms with Crippen LogP contribution in [0.25, 0.3) is 0 Å². The van der Waals surface area contributed by atoms with Crippen LogP contribution in [0.3, 0.4) is 0 Å². The zero-order valence-electron chi connectivity index (χ0n) is 10.2. The molecule has 0 aliphatic carbocycles. The van der Waals surface area contributed by atoms with Gasteiger partial charge in [0.2, 0.25) is 5.91 Å². The summed E-state index contributed by atoms with van der Waals surface area (Å²) in [6.07, 6.45) is -9.12. The Hall–Kier alpha value is -1.48. The topological polar surface area (TPSA) is 41.1 Å². The molecule has 0 radical (unpaired) electrons. The second-order valence-corrected chi connectivity index (χ2v) is 4.37. The van der Waals surface area contributed by atoms with E-state index < -0.39 is 36.9 Å². The van der Waals surface area contributed by atoms with Gasteiger partial charge in [-0.15, -0.1) is 0 Å². The van der Waals surface area contributed by atoms with Gasteiger partial charge in [-0.05, 0) is 18.2 Å². The van der Waals surface area contributed by atoms with Crippen LogP contribution in [0.5, 0.6) is 0 Å². The fourth-order valence-electron chi connectivity index (χ4n) is 1.31. The third-order valence-corrected chi connectivity index (χ3v) is 2.51. The lowest BCUT2D eigenvalue weighted by atomic mass is 10.2. The highest BCUT2D eigenvalue weighted by Crippen LogP contribution is 2.33. The van der Waals surface area contributed by atoms with Crippen molar-refractivity contribution in [1.29, 1.82) is 0 Å². The van der Waals surface area contributed by atoms with Crippen LogP contribution in [0.1, 0.15) is 5.56 Å². The lowest BCUT2D eigenvalue weighted by Crippen LogP contribution is -2.35. The summed E-state index contributed by atoms with van der Waals surface area (Å²) in [5.74, 6) is -0.944. The molecule has 0 atom stereocenters. The third-order valence-electron chi connectivity index (χ3n) is 2.18. The molecular weight excluding hydrogens is 326 g/mol. The largest absolute Gasteiger partial charge is 0.416 e. The number of carbonyl (C=O) groups is 1. The SMILES string of the molecule is O=C(CNCC(F)(F)F)Nc1cc(C(F)(F)F)ccc1Cl. The summed E-state index contributed by atoms with van der Waals surface area (Å²) in [6.45, 7) is -2.11. The maximum atomic E-state index is 12.5. The Bertz CT molecular complexity index is 514. The number of anilines is 1. The van der Waals surface area contributed by atoms with Gasteiger partial charge in [0, 0.05) is 0 Å². The summed E-state index contributed by atoms with van der Waals surface area (Å²) < 4.78 is 73.0. The van der Waals surface area contributed by atoms with Crippen LogP contribution in [0.15, 0.2) is 18.2 Å². The Morgan fingerprint density at radius 2 is 1.76 bits per heavy atom. The monoisotopic (exact) mass is 334 g/mol. The standard InChI is InChI=1S/C11H9ClF6N2O/c12-7-2-1-6(11(16,17)18)3-8(7)20-9(21)4-19-5-10(13,14)15/h1-3,19H,4-5H2,(H,20,21). The fourth-order valence-corrected chi connectivity index (χ4v) is 1.47. The van der Waals surface area contributed by atoms with Crippen molar-refractivity contribution in [3.63, 3.8) is 0 Å². The minimum Gasteiger partial charge on any atom is -0.324 e. The van der Waals surface area contributed by atoms with Crippen molar-refractivity contribution < 1.29 is 31.1 Å². The second-order valence-electron chi connectivity index (χ2n) is 3.96. The Balaban J connectivity index is 2.68. The number of rotatable bonds is 4. The lowest BCUT2D eigenvalue weighted by Gasteiger charge is -2.12. The second kappa shape index (κ2) is 6.52. The maximum Gasteiger partial charge on any atom is 0.416 e. The molecule has 0 aliphatic rings. The summed E-state index contributed by atoms with van der Waals surface area (Å²) in [5.41, 5.74) is -1.37. The molecule has 0 bridgehead atoms. The fraction of sp³-hybridized carbons (Fsp3) is 0.364. The van der Waals surface area contributed by atoms with E-state index in [1.165, 1.54) is 0 Å². The normalized spacial score (nSPS) is 12.3. The molecule has 3 nitrogen and oxygen atoms in total. The van der Waals surface area contributed by atoms with Crippen molar-refractivity contribution in [3.8, 4) is 0 Å². The summed E-state index contributed by atoms with van der Waals surface area (Å²) in [6, 6.07) is 2.26. The van der Waals surface area contributed by atoms with Crippen LogP contribution in [0, 0.1) is 0 Å². The van der Waals surface area contributed by atoms with Crippen molar-refractivity contribution in [1.82, 2.24) is 5.32 Å². The van der Waals surface area contributed by atoms with E-state index in [1.807, 2.05) is 10.6 Å². The average molecular weight is 335 g/mol. The molecule has 0 aliphatic heterocycles. The number of hydrogen-bond donors (Lipinski definition) is 2. The molecule has 1 amide bonds. The summed E-state index contributed by atoms with van der Waals surface area (Å²) in [5, 5.41) is 3.66. The number of nitrogens with one attached hydrogen (secondary N) is 2. The smallest absolute Gasteiger partial charge is 0.324 e. The third kappa shape index (κ3) is 6.21. The molecule has 1 aromatic carbocycles. The molecule has 21 heavy (non-hydrogen) atoms. The Kier molecular flexibility index (Phi) is 5.46. The minimum absolute atomic E-state index is 0.160. The molecular formula is C11H9ClF6N2O. The Labute approximate surface area is 120 Å². The first-order chi connectivity index (χ1) is 9.49. The molecule has 1 aromatic rings. The highest BCUT2D eigenvalue weighted by molar-refractivity contribution is 6.33. The molecule has 0 aromatic heterocycles. The van der Waals surface area contributed by atoms with Crippen molar-refractivity contribution in [2.75, 3.05) is 18.4 Å². The highest BCUT2D eigenvalue weighted by atomic mass is 35.5. The minimum atomic E-state index is -4.63. The molecule has 0 unspecified atom stereocenters. The lowest BCUT2D eigenvalue weighted by molar-refractivity contribution is -0.137. The van der Waals surface area contributed by atoms with E-state index in [0.29, 0.717) is 6.07 Å². The van der Waals surface area contributed by atoms with Gasteiger partial charge in [-0.25, -0.2) is 0 Å². The molecule has 0 heterocycles. The van der Waals surface area contributed by atoms with Gasteiger partial charge in [-0.3, -0.25) is 4.79 Å². The van der Waals surface area contributed by atoms with E-state index in [-0.39, 0.29) is 10.7 Å². The van der Waals surface area contributed by atoms with Gasteiger partial charge in [0.05, 0.1) is 29.4 Å². The quantitative estimate of drug-likeness (QED) is 0.828. The first kappa shape index (κ1) is 17.6. The van der Waals surface area contributed by atoms with Gasteiger partial charge in [0.15, 0.2) is 0 Å². The van der Waals surface area contributed by atoms with E-state index in [1.54, 1.807) is 0 Å². The van der Waals surface area contributed by atoms with Gasteiger partial charge >= 0.3 is 12.4 Å². The van der Waals surface area contributed by atoms with Crippen LogP contribution in [-0.2, 0) is 11.0 Å². The van der Waals surface area contributed by atoms with Crippen molar-refractivity contribution in [2.24, 2.45) is 0 Å². The first-order valence-electron chi connectivity index (χ1n) is 5.43. The summed E-state index contributed by atoms with van der Waals surface area (Å²) in [4.78, 5) is 11.3. The number of halogens is 7. The zero-order chi connectivity index (χ0) is 16.3. The number of amides is 1. The van der Waals surface area contributed by atoms with Crippen LogP contribution >= 0.6 is 11.6 Å². The van der Waals surface area contributed by atoms with E-state index in [4.69, 9.17) is 11.6 Å². The summed E-state index contributed by atoms with van der Waals surface area (Å²) >= 11 is 5.61. The number of benzene rings is 1. The van der Waals surface area contributed by atoms with Gasteiger partial charge < -0.3 is 10.6 Å². The Morgan fingerprint density at radius 3 is 2.29 bits per heavy atom. The van der Waals surface area contributed by atoms with Gasteiger partial charge in [0.25, 0.3) is 0 Å². The van der Waals surface area contributed by atoms with E-state index in [0.717, 1.165) is 12.1 Å². The molecule has 0 fully saturated rings. The van der Waals surface area contributed by atoms with Crippen molar-refractivity contribution in [3.05, 3.63) is 28.8 Å². The van der Waals surface area contributed by atoms with Crippen molar-refractivity contribution in [2.45, 2.75) is 12.4 Å². The predicted octanol–water partition coefficient (Wildman–Crippen LogP) is 3.45. The van der Waals surface area contributed by atoms with Gasteiger partial charge in [0.1, 0.15) is 0 Å². The molecule has 10 heteroatoms. The molecule has 0 spiro atoms. The van der Waals surface area contributed by atoms with Gasteiger partial charge in [-0.2, -0.15) is 26.3 Å². The highest BCUT2D eigenvalue weighted by Gasteiger charge is 2.31. The van der Waals surface area contributed by atoms with Crippen LogP contribution in [-0.4, -0.2) is 25.2 Å². The number of carbonyl (C=O) groups excluding carboxylic acids is 1. The van der Waals surface area contributed by atoms with E-state index in [9.17, 15) is 31.1 Å². The molecule has 1 rings (SSSR count). The zero-order valence-corrected chi connectivity index (χ0v) is 11.0. The number of hydrogen-bond acceptors (Lipinski definition) is 2. The summed E-state index contributed by atoms with van der Waals surface area (Å²) in [7, 11) is 0. The molecule has 0 saturated heterocycles. The van der Waals surface area contributed by atoms with E-state index >= 15 is 0 Å². The first-order valence-corrected chi connectivity index (χ1v) is 5.81. The predicted molar refractivity (Wildman–Crippen MR) is 64.0 cm³/mol. The van der Waals surface area contributed by atoms with E-state index in [2.05, 4.69) is 0 Å². The molecule has 2 N–H and O–H groups in total. The van der Waals surface area contributed by atoms with Crippen LogP contribution in [0.2, 0.25) is 5.02 Å².